The van der Waals surface area contributed by atoms with Gasteiger partial charge in [0.15, 0.2) is 5.82 Å². The van der Waals surface area contributed by atoms with Crippen molar-refractivity contribution in [1.29, 1.82) is 0 Å². The van der Waals surface area contributed by atoms with Crippen molar-refractivity contribution in [1.82, 2.24) is 9.66 Å². The summed E-state index contributed by atoms with van der Waals surface area (Å²) in [6, 6.07) is 20.6. The molecule has 0 unspecified atom stereocenters. The molecule has 146 valence electrons. The fraction of sp³-hybridized carbons (Fsp3) is 0.130. The van der Waals surface area contributed by atoms with Gasteiger partial charge in [-0.05, 0) is 48.4 Å². The number of benzene rings is 3. The highest BCUT2D eigenvalue weighted by molar-refractivity contribution is 6.30. The molecular weight excluding hydrogens is 386 g/mol. The third-order valence-electron chi connectivity index (χ3n) is 4.80. The molecule has 0 aliphatic rings. The highest BCUT2D eigenvalue weighted by atomic mass is 35.5. The minimum atomic E-state index is -0.154. The van der Waals surface area contributed by atoms with Crippen LogP contribution in [0.3, 0.4) is 0 Å². The number of nitrogens with one attached hydrogen (secondary N) is 1. The summed E-state index contributed by atoms with van der Waals surface area (Å²) in [6.45, 7) is 2.43. The maximum absolute atomic E-state index is 13.2. The maximum Gasteiger partial charge on any atom is 0.280 e. The lowest BCUT2D eigenvalue weighted by atomic mass is 10.1. The number of hydrogen-bond acceptors (Lipinski definition) is 4. The number of methoxy groups -OCH3 is 1. The van der Waals surface area contributed by atoms with Gasteiger partial charge in [-0.2, -0.15) is 0 Å². The molecule has 1 aromatic heterocycles. The van der Waals surface area contributed by atoms with E-state index >= 15 is 0 Å². The van der Waals surface area contributed by atoms with Gasteiger partial charge in [0.1, 0.15) is 5.75 Å². The Kier molecular flexibility index (Phi) is 5.23. The van der Waals surface area contributed by atoms with Gasteiger partial charge in [-0.15, -0.1) is 0 Å². The molecular formula is C23H20ClN3O2. The van der Waals surface area contributed by atoms with E-state index in [1.807, 2.05) is 67.6 Å². The quantitative estimate of drug-likeness (QED) is 0.519. The van der Waals surface area contributed by atoms with Gasteiger partial charge < -0.3 is 10.2 Å². The van der Waals surface area contributed by atoms with Gasteiger partial charge in [0.2, 0.25) is 0 Å². The lowest BCUT2D eigenvalue weighted by molar-refractivity contribution is 0.412. The Labute approximate surface area is 173 Å². The topological polar surface area (TPSA) is 56.1 Å². The third-order valence-corrected chi connectivity index (χ3v) is 5.05. The number of halogens is 1. The normalized spacial score (nSPS) is 10.9. The van der Waals surface area contributed by atoms with Gasteiger partial charge in [0, 0.05) is 10.6 Å². The fourth-order valence-corrected chi connectivity index (χ4v) is 3.33. The Morgan fingerprint density at radius 3 is 2.59 bits per heavy atom. The molecule has 0 saturated carbocycles. The molecule has 0 radical (unpaired) electrons. The second-order valence-electron chi connectivity index (χ2n) is 6.74. The van der Waals surface area contributed by atoms with Crippen LogP contribution < -0.4 is 15.7 Å². The molecule has 1 heterocycles. The van der Waals surface area contributed by atoms with Gasteiger partial charge in [0.05, 0.1) is 24.6 Å². The summed E-state index contributed by atoms with van der Waals surface area (Å²) in [5.41, 5.74) is 6.52. The van der Waals surface area contributed by atoms with Gasteiger partial charge in [0.25, 0.3) is 5.56 Å². The maximum atomic E-state index is 13.2. The smallest absolute Gasteiger partial charge is 0.280 e. The van der Waals surface area contributed by atoms with Crippen molar-refractivity contribution in [3.05, 3.63) is 93.2 Å². The second-order valence-corrected chi connectivity index (χ2v) is 7.18. The number of aromatic nitrogens is 2. The van der Waals surface area contributed by atoms with Crippen LogP contribution in [0.5, 0.6) is 5.75 Å². The van der Waals surface area contributed by atoms with Crippen molar-refractivity contribution in [2.75, 3.05) is 12.5 Å². The molecule has 4 rings (SSSR count). The number of nitrogens with zero attached hydrogens (tertiary/aromatic N) is 2. The molecule has 0 saturated heterocycles. The van der Waals surface area contributed by atoms with E-state index in [1.165, 1.54) is 4.68 Å². The van der Waals surface area contributed by atoms with Crippen LogP contribution in [0.4, 0.5) is 0 Å². The van der Waals surface area contributed by atoms with E-state index in [0.717, 1.165) is 22.4 Å². The van der Waals surface area contributed by atoms with Crippen LogP contribution >= 0.6 is 11.6 Å². The zero-order valence-electron chi connectivity index (χ0n) is 16.1. The summed E-state index contributed by atoms with van der Waals surface area (Å²) in [5, 5.41) is 1.23. The van der Waals surface area contributed by atoms with Gasteiger partial charge >= 0.3 is 0 Å². The summed E-state index contributed by atoms with van der Waals surface area (Å²) >= 11 is 5.97. The number of para-hydroxylation sites is 1. The van der Waals surface area contributed by atoms with Crippen LogP contribution in [0.25, 0.3) is 22.3 Å². The molecule has 1 N–H and O–H groups in total. The molecule has 4 aromatic rings. The van der Waals surface area contributed by atoms with E-state index in [1.54, 1.807) is 13.2 Å². The summed E-state index contributed by atoms with van der Waals surface area (Å²) in [7, 11) is 1.63. The Morgan fingerprint density at radius 2 is 1.83 bits per heavy atom. The lowest BCUT2D eigenvalue weighted by Crippen LogP contribution is -2.31. The zero-order chi connectivity index (χ0) is 20.4. The van der Waals surface area contributed by atoms with Crippen molar-refractivity contribution in [3.63, 3.8) is 0 Å². The molecule has 6 heteroatoms. The van der Waals surface area contributed by atoms with E-state index in [9.17, 15) is 4.79 Å². The minimum Gasteiger partial charge on any atom is -0.496 e. The molecule has 0 aliphatic carbocycles. The standard InChI is InChI=1S/C23H20ClN3O2/c1-15-7-10-17(13-21(15)29-2)22-26-20-6-4-3-5-19(20)23(28)27(22)25-14-16-8-11-18(24)12-9-16/h3-13,25H,14H2,1-2H3. The number of rotatable bonds is 5. The van der Waals surface area contributed by atoms with E-state index in [0.29, 0.717) is 28.3 Å². The third kappa shape index (κ3) is 3.82. The predicted octanol–water partition coefficient (Wildman–Crippen LogP) is 4.78. The van der Waals surface area contributed by atoms with E-state index in [-0.39, 0.29) is 5.56 Å². The molecule has 0 fully saturated rings. The lowest BCUT2D eigenvalue weighted by Gasteiger charge is -2.16. The molecule has 0 aliphatic heterocycles. The number of fused-ring (bicyclic) bond motifs is 1. The van der Waals surface area contributed by atoms with E-state index in [2.05, 4.69) is 5.43 Å². The summed E-state index contributed by atoms with van der Waals surface area (Å²) in [6.07, 6.45) is 0. The molecule has 5 nitrogen and oxygen atoms in total. The highest BCUT2D eigenvalue weighted by Gasteiger charge is 2.14. The molecule has 0 atom stereocenters. The van der Waals surface area contributed by atoms with Crippen LogP contribution in [0.15, 0.2) is 71.5 Å². The zero-order valence-corrected chi connectivity index (χ0v) is 16.9. The molecule has 3 aromatic carbocycles. The fourth-order valence-electron chi connectivity index (χ4n) is 3.20. The van der Waals surface area contributed by atoms with E-state index < -0.39 is 0 Å². The Bertz CT molecular complexity index is 1230. The number of ether oxygens (including phenoxy) is 1. The van der Waals surface area contributed by atoms with E-state index in [4.69, 9.17) is 21.3 Å². The average Bonchev–Trinajstić information content (AvgIpc) is 2.74. The monoisotopic (exact) mass is 405 g/mol. The SMILES string of the molecule is COc1cc(-c2nc3ccccc3c(=O)n2NCc2ccc(Cl)cc2)ccc1C. The molecule has 0 amide bonds. The second kappa shape index (κ2) is 7.97. The van der Waals surface area contributed by atoms with Crippen molar-refractivity contribution in [2.24, 2.45) is 0 Å². The number of aryl methyl sites for hydroxylation is 1. The minimum absolute atomic E-state index is 0.154. The van der Waals surface area contributed by atoms with Gasteiger partial charge in [-0.25, -0.2) is 9.66 Å². The Hall–Kier alpha value is -3.31. The van der Waals surface area contributed by atoms with Crippen LogP contribution in [0.2, 0.25) is 5.02 Å². The van der Waals surface area contributed by atoms with Crippen molar-refractivity contribution >= 4 is 22.5 Å². The van der Waals surface area contributed by atoms with Crippen molar-refractivity contribution in [3.8, 4) is 17.1 Å². The average molecular weight is 406 g/mol. The van der Waals surface area contributed by atoms with Crippen LogP contribution in [0, 0.1) is 6.92 Å². The molecule has 0 bridgehead atoms. The van der Waals surface area contributed by atoms with Crippen LogP contribution in [-0.4, -0.2) is 16.8 Å². The highest BCUT2D eigenvalue weighted by Crippen LogP contribution is 2.26. The van der Waals surface area contributed by atoms with Gasteiger partial charge in [-0.1, -0.05) is 48.0 Å². The molecule has 0 spiro atoms. The van der Waals surface area contributed by atoms with Crippen LogP contribution in [0.1, 0.15) is 11.1 Å². The number of hydrogen-bond donors (Lipinski definition) is 1. The van der Waals surface area contributed by atoms with Crippen molar-refractivity contribution < 1.29 is 4.74 Å². The first kappa shape index (κ1) is 19.0. The Balaban J connectivity index is 1.84. The Morgan fingerprint density at radius 1 is 1.07 bits per heavy atom. The first-order chi connectivity index (χ1) is 14.1. The molecule has 29 heavy (non-hydrogen) atoms. The first-order valence-electron chi connectivity index (χ1n) is 9.22. The predicted molar refractivity (Wildman–Crippen MR) is 117 cm³/mol. The van der Waals surface area contributed by atoms with Crippen LogP contribution in [-0.2, 0) is 6.54 Å². The summed E-state index contributed by atoms with van der Waals surface area (Å²) < 4.78 is 6.96. The van der Waals surface area contributed by atoms with Gasteiger partial charge in [-0.3, -0.25) is 4.79 Å². The summed E-state index contributed by atoms with van der Waals surface area (Å²) in [4.78, 5) is 18.0. The first-order valence-corrected chi connectivity index (χ1v) is 9.60. The van der Waals surface area contributed by atoms with Crippen molar-refractivity contribution in [2.45, 2.75) is 13.5 Å². The largest absolute Gasteiger partial charge is 0.496 e. The summed E-state index contributed by atoms with van der Waals surface area (Å²) in [5.74, 6) is 1.27.